The molecule has 14 rings (SSSR count). The summed E-state index contributed by atoms with van der Waals surface area (Å²) < 4.78 is 11.0. The van der Waals surface area contributed by atoms with Crippen LogP contribution in [0.5, 0.6) is 0 Å². The molecule has 4 aromatic carbocycles. The Morgan fingerprint density at radius 1 is 0.549 bits per heavy atom. The number of rotatable bonds is 10. The quantitative estimate of drug-likeness (QED) is 0.137. The molecular weight excluding hydrogens is 1020 g/mol. The number of nitrogens with one attached hydrogen (secondary N) is 2. The molecule has 4 fully saturated rings. The number of H-pyrrole nitrogens is 2. The third-order valence-electron chi connectivity index (χ3n) is 18.6. The van der Waals surface area contributed by atoms with E-state index in [2.05, 4.69) is 93.9 Å². The lowest BCUT2D eigenvalue weighted by Crippen LogP contribution is -2.54. The molecule has 0 unspecified atom stereocenters. The van der Waals surface area contributed by atoms with Gasteiger partial charge in [0, 0.05) is 184 Å². The fourth-order valence-electron chi connectivity index (χ4n) is 14.2. The Morgan fingerprint density at radius 3 is 1.38 bits per heavy atom. The Labute approximate surface area is 482 Å². The lowest BCUT2D eigenvalue weighted by molar-refractivity contribution is 0.0758. The van der Waals surface area contributed by atoms with Crippen LogP contribution in [-0.2, 0) is 22.3 Å². The molecule has 2 amide bonds. The average Bonchev–Trinajstić information content (AvgIpc) is 4.36. The smallest absolute Gasteiger partial charge is 0.253 e. The van der Waals surface area contributed by atoms with E-state index in [1.54, 1.807) is 0 Å². The van der Waals surface area contributed by atoms with Crippen molar-refractivity contribution in [2.75, 3.05) is 117 Å². The molecule has 424 valence electrons. The maximum absolute atomic E-state index is 13.0. The van der Waals surface area contributed by atoms with Gasteiger partial charge in [0.2, 0.25) is 0 Å². The molecule has 4 saturated heterocycles. The Balaban J connectivity index is 0.000000154. The summed E-state index contributed by atoms with van der Waals surface area (Å²) in [7, 11) is 8.24. The predicted octanol–water partition coefficient (Wildman–Crippen LogP) is 10.8. The van der Waals surface area contributed by atoms with Crippen molar-refractivity contribution in [3.63, 3.8) is 0 Å². The monoisotopic (exact) mass is 1100 g/mol. The molecule has 14 heteroatoms. The predicted molar refractivity (Wildman–Crippen MR) is 329 cm³/mol. The fourth-order valence-corrected chi connectivity index (χ4v) is 14.2. The summed E-state index contributed by atoms with van der Waals surface area (Å²) in [6.07, 6.45) is 14.7. The van der Waals surface area contributed by atoms with Crippen LogP contribution in [0.3, 0.4) is 0 Å². The Kier molecular flexibility index (Phi) is 15.0. The van der Waals surface area contributed by atoms with Crippen LogP contribution in [0.15, 0.2) is 110 Å². The molecule has 0 radical (unpaired) electrons. The minimum atomic E-state index is 0.0528. The molecule has 4 aromatic heterocycles. The molecule has 4 atom stereocenters. The highest BCUT2D eigenvalue weighted by Crippen LogP contribution is 2.42. The summed E-state index contributed by atoms with van der Waals surface area (Å²) >= 11 is 0. The van der Waals surface area contributed by atoms with E-state index in [4.69, 9.17) is 19.4 Å². The SMILES string of the molecule is Cc1cc(-c2cnc3[nH]cc(-c4ccc(C(=O)N(C)C[C@@H]5CCOC5)cc4)c3c2)cc2c1N1CCN(C)C[C@@H]1CC2.Cc1cc(-c2cnc3[nH]cc(-c4ccc(C(=O)N(C)C[C@@H]5CCOC5)cc4)c3c2)cc2c1N1CCN(C)C[C@H]1CC2. The van der Waals surface area contributed by atoms with Gasteiger partial charge in [0.25, 0.3) is 11.8 Å². The summed E-state index contributed by atoms with van der Waals surface area (Å²) in [5, 5.41) is 2.18. The van der Waals surface area contributed by atoms with Crippen LogP contribution in [-0.4, -0.2) is 170 Å². The number of hydrogen-bond donors (Lipinski definition) is 2. The highest BCUT2D eigenvalue weighted by Gasteiger charge is 2.34. The molecule has 6 aliphatic rings. The normalized spacial score (nSPS) is 20.7. The van der Waals surface area contributed by atoms with E-state index in [1.165, 1.54) is 57.6 Å². The lowest BCUT2D eigenvalue weighted by atomic mass is 9.89. The number of aromatic nitrogens is 4. The topological polar surface area (TPSA) is 129 Å². The second kappa shape index (κ2) is 22.8. The van der Waals surface area contributed by atoms with Crippen LogP contribution in [0.4, 0.5) is 11.4 Å². The number of ether oxygens (including phenoxy) is 2. The number of anilines is 2. The van der Waals surface area contributed by atoms with Gasteiger partial charge < -0.3 is 48.8 Å². The Hall–Kier alpha value is -7.36. The lowest BCUT2D eigenvalue weighted by Gasteiger charge is -2.46. The van der Waals surface area contributed by atoms with Gasteiger partial charge in [-0.2, -0.15) is 0 Å². The molecule has 0 aliphatic carbocycles. The van der Waals surface area contributed by atoms with Crippen molar-refractivity contribution < 1.29 is 19.1 Å². The van der Waals surface area contributed by atoms with Gasteiger partial charge in [-0.1, -0.05) is 24.3 Å². The number of aromatic amines is 2. The second-order valence-corrected chi connectivity index (χ2v) is 24.5. The zero-order valence-corrected chi connectivity index (χ0v) is 48.6. The molecule has 0 spiro atoms. The van der Waals surface area contributed by atoms with E-state index in [1.807, 2.05) is 97.2 Å². The van der Waals surface area contributed by atoms with Crippen molar-refractivity contribution in [1.29, 1.82) is 0 Å². The molecule has 0 saturated carbocycles. The van der Waals surface area contributed by atoms with Crippen molar-refractivity contribution >= 4 is 45.3 Å². The summed E-state index contributed by atoms with van der Waals surface area (Å²) in [4.78, 5) is 56.2. The minimum Gasteiger partial charge on any atom is -0.381 e. The van der Waals surface area contributed by atoms with Gasteiger partial charge in [0.1, 0.15) is 11.3 Å². The van der Waals surface area contributed by atoms with Gasteiger partial charge in [-0.3, -0.25) is 9.59 Å². The van der Waals surface area contributed by atoms with Crippen molar-refractivity contribution in [1.82, 2.24) is 39.5 Å². The van der Waals surface area contributed by atoms with Crippen LogP contribution in [0.1, 0.15) is 68.7 Å². The summed E-state index contributed by atoms with van der Waals surface area (Å²) in [5.74, 6) is 0.964. The van der Waals surface area contributed by atoms with Gasteiger partial charge in [0.15, 0.2) is 0 Å². The Bertz CT molecular complexity index is 3410. The van der Waals surface area contributed by atoms with Crippen LogP contribution in [0, 0.1) is 25.7 Å². The number of hydrogen-bond acceptors (Lipinski definition) is 10. The number of amides is 2. The first-order valence-electron chi connectivity index (χ1n) is 29.9. The molecular formula is C68H78N10O4. The molecule has 82 heavy (non-hydrogen) atoms. The number of carbonyl (C=O) groups excluding carboxylic acids is 2. The van der Waals surface area contributed by atoms with Gasteiger partial charge >= 0.3 is 0 Å². The standard InChI is InChI=1S/2C34H39N5O2/c2*1-22-14-27(15-26-8-9-29-20-37(2)11-12-39(29)32(22)26)28-16-30-31(18-36-33(30)35-17-28)24-4-6-25(7-5-24)34(40)38(3)19-23-10-13-41-21-23/h2*4-7,14-18,23,29H,8-13,19-21H2,1-3H3,(H,35,36)/t23-,29+;23-,29-/m00/s1. The summed E-state index contributed by atoms with van der Waals surface area (Å²) in [6.45, 7) is 15.8. The third kappa shape index (κ3) is 10.7. The van der Waals surface area contributed by atoms with E-state index in [0.29, 0.717) is 35.0 Å². The zero-order chi connectivity index (χ0) is 56.2. The van der Waals surface area contributed by atoms with Crippen LogP contribution >= 0.6 is 0 Å². The first-order chi connectivity index (χ1) is 39.9. The fraction of sp³-hybridized carbons (Fsp3) is 0.412. The van der Waals surface area contributed by atoms with Crippen LogP contribution in [0.25, 0.3) is 66.6 Å². The number of benzene rings is 4. The van der Waals surface area contributed by atoms with E-state index in [0.717, 1.165) is 160 Å². The molecule has 0 bridgehead atoms. The Morgan fingerprint density at radius 2 is 0.976 bits per heavy atom. The van der Waals surface area contributed by atoms with E-state index < -0.39 is 0 Å². The zero-order valence-electron chi connectivity index (χ0n) is 48.6. The van der Waals surface area contributed by atoms with Crippen LogP contribution < -0.4 is 9.80 Å². The summed E-state index contributed by atoms with van der Waals surface area (Å²) in [5.41, 5.74) is 20.7. The van der Waals surface area contributed by atoms with Gasteiger partial charge in [0.05, 0.1) is 13.2 Å². The van der Waals surface area contributed by atoms with Crippen LogP contribution in [0.2, 0.25) is 0 Å². The number of nitrogens with zero attached hydrogens (tertiary/aromatic N) is 8. The van der Waals surface area contributed by atoms with Gasteiger partial charge in [-0.05, 0) is 172 Å². The highest BCUT2D eigenvalue weighted by molar-refractivity contribution is 6.00. The molecule has 2 N–H and O–H groups in total. The highest BCUT2D eigenvalue weighted by atomic mass is 16.5. The molecule has 6 aliphatic heterocycles. The molecule has 10 heterocycles. The van der Waals surface area contributed by atoms with Gasteiger partial charge in [-0.25, -0.2) is 9.97 Å². The maximum Gasteiger partial charge on any atom is 0.253 e. The number of aryl methyl sites for hydroxylation is 4. The number of fused-ring (bicyclic) bond motifs is 8. The number of pyridine rings is 2. The van der Waals surface area contributed by atoms with E-state index >= 15 is 0 Å². The molecule has 14 nitrogen and oxygen atoms in total. The van der Waals surface area contributed by atoms with Gasteiger partial charge in [-0.15, -0.1) is 0 Å². The average molecular weight is 1100 g/mol. The number of carbonyl (C=O) groups is 2. The first kappa shape index (κ1) is 53.9. The number of piperazine rings is 2. The summed E-state index contributed by atoms with van der Waals surface area (Å²) in [6, 6.07) is 31.1. The van der Waals surface area contributed by atoms with Crippen molar-refractivity contribution in [3.05, 3.63) is 143 Å². The first-order valence-corrected chi connectivity index (χ1v) is 29.9. The second-order valence-electron chi connectivity index (χ2n) is 24.5. The third-order valence-corrected chi connectivity index (χ3v) is 18.6. The van der Waals surface area contributed by atoms with Crippen molar-refractivity contribution in [2.45, 2.75) is 64.5 Å². The molecule has 8 aromatic rings. The minimum absolute atomic E-state index is 0.0528. The van der Waals surface area contributed by atoms with E-state index in [-0.39, 0.29) is 11.8 Å². The van der Waals surface area contributed by atoms with Crippen molar-refractivity contribution in [3.8, 4) is 44.5 Å². The van der Waals surface area contributed by atoms with Crippen molar-refractivity contribution in [2.24, 2.45) is 11.8 Å². The number of likely N-dealkylation sites (N-methyl/N-ethyl adjacent to an activating group) is 2. The largest absolute Gasteiger partial charge is 0.381 e. The maximum atomic E-state index is 13.0. The van der Waals surface area contributed by atoms with E-state index in [9.17, 15) is 9.59 Å².